The summed E-state index contributed by atoms with van der Waals surface area (Å²) in [6.45, 7) is 7.03. The molecule has 0 amide bonds. The molecule has 2 aromatic rings. The average molecular weight is 344 g/mol. The molecule has 0 bridgehead atoms. The van der Waals surface area contributed by atoms with E-state index in [1.54, 1.807) is 45.9 Å². The minimum Gasteiger partial charge on any atom is -0.483 e. The topological polar surface area (TPSA) is 86.0 Å². The lowest BCUT2D eigenvalue weighted by Gasteiger charge is -2.41. The minimum atomic E-state index is -1.07. The first kappa shape index (κ1) is 17.2. The number of carbonyl (C=O) groups excluding carboxylic acids is 1. The van der Waals surface area contributed by atoms with Gasteiger partial charge in [-0.05, 0) is 39.8 Å². The largest absolute Gasteiger partial charge is 0.483 e. The molecule has 0 spiro atoms. The summed E-state index contributed by atoms with van der Waals surface area (Å²) in [4.78, 5) is 23.4. The summed E-state index contributed by atoms with van der Waals surface area (Å²) in [6.07, 6.45) is -0.575. The van der Waals surface area contributed by atoms with Crippen molar-refractivity contribution in [2.75, 3.05) is 0 Å². The van der Waals surface area contributed by atoms with E-state index in [9.17, 15) is 14.7 Å². The number of hydrogen-bond donors (Lipinski definition) is 1. The Labute approximate surface area is 144 Å². The van der Waals surface area contributed by atoms with Gasteiger partial charge in [-0.1, -0.05) is 5.57 Å². The van der Waals surface area contributed by atoms with E-state index in [2.05, 4.69) is 0 Å². The summed E-state index contributed by atoms with van der Waals surface area (Å²) in [7, 11) is 0. The number of hydrogen-bond acceptors (Lipinski definition) is 6. The van der Waals surface area contributed by atoms with E-state index in [1.165, 1.54) is 12.1 Å². The highest BCUT2D eigenvalue weighted by Gasteiger charge is 2.46. The van der Waals surface area contributed by atoms with Gasteiger partial charge < -0.3 is 19.0 Å². The van der Waals surface area contributed by atoms with E-state index in [0.717, 1.165) is 5.57 Å². The Morgan fingerprint density at radius 2 is 2.00 bits per heavy atom. The highest BCUT2D eigenvalue weighted by molar-refractivity contribution is 5.83. The molecule has 1 aliphatic rings. The van der Waals surface area contributed by atoms with Crippen molar-refractivity contribution in [3.05, 3.63) is 51.9 Å². The molecule has 6 heteroatoms. The highest BCUT2D eigenvalue weighted by Crippen LogP contribution is 2.43. The predicted octanol–water partition coefficient (Wildman–Crippen LogP) is 2.88. The molecule has 2 heterocycles. The Bertz CT molecular complexity index is 917. The predicted molar refractivity (Wildman–Crippen MR) is 91.5 cm³/mol. The third kappa shape index (κ3) is 3.30. The van der Waals surface area contributed by atoms with Gasteiger partial charge in [-0.15, -0.1) is 0 Å². The summed E-state index contributed by atoms with van der Waals surface area (Å²) < 4.78 is 16.5. The maximum atomic E-state index is 12.0. The maximum absolute atomic E-state index is 12.0. The molecular formula is C19H20O6. The number of fused-ring (bicyclic) bond motifs is 2. The minimum absolute atomic E-state index is 0.370. The summed E-state index contributed by atoms with van der Waals surface area (Å²) in [5, 5.41) is 11.4. The lowest BCUT2D eigenvalue weighted by Crippen LogP contribution is -2.51. The van der Waals surface area contributed by atoms with Crippen molar-refractivity contribution in [3.8, 4) is 5.75 Å². The van der Waals surface area contributed by atoms with Crippen LogP contribution < -0.4 is 10.4 Å². The summed E-state index contributed by atoms with van der Waals surface area (Å²) in [6, 6.07) is 6.17. The van der Waals surface area contributed by atoms with Crippen molar-refractivity contribution < 1.29 is 23.8 Å². The molecule has 6 nitrogen and oxygen atoms in total. The molecule has 3 rings (SSSR count). The summed E-state index contributed by atoms with van der Waals surface area (Å²) in [5.74, 6) is -0.134. The number of carbonyl (C=O) groups is 1. The fourth-order valence-electron chi connectivity index (χ4n) is 2.92. The SMILES string of the molecule is CC(C)=CC(=O)O[C@@H]1[C@@H](O)c2cc3ccc(=O)oc3cc2OC1(C)C. The first-order valence-electron chi connectivity index (χ1n) is 7.98. The van der Waals surface area contributed by atoms with Gasteiger partial charge in [0.05, 0.1) is 0 Å². The molecule has 0 aliphatic carbocycles. The Balaban J connectivity index is 2.03. The zero-order valence-corrected chi connectivity index (χ0v) is 14.5. The maximum Gasteiger partial charge on any atom is 0.336 e. The molecule has 1 aromatic heterocycles. The fourth-order valence-corrected chi connectivity index (χ4v) is 2.92. The van der Waals surface area contributed by atoms with Crippen molar-refractivity contribution in [1.82, 2.24) is 0 Å². The van der Waals surface area contributed by atoms with Crippen LogP contribution in [0.15, 0.2) is 45.1 Å². The van der Waals surface area contributed by atoms with Crippen LogP contribution in [0.4, 0.5) is 0 Å². The van der Waals surface area contributed by atoms with Crippen molar-refractivity contribution in [3.63, 3.8) is 0 Å². The van der Waals surface area contributed by atoms with Crippen LogP contribution in [0.1, 0.15) is 39.4 Å². The number of allylic oxidation sites excluding steroid dienone is 1. The van der Waals surface area contributed by atoms with Gasteiger partial charge >= 0.3 is 11.6 Å². The van der Waals surface area contributed by atoms with Crippen molar-refractivity contribution in [1.29, 1.82) is 0 Å². The van der Waals surface area contributed by atoms with Crippen molar-refractivity contribution >= 4 is 16.9 Å². The van der Waals surface area contributed by atoms with Gasteiger partial charge in [-0.3, -0.25) is 0 Å². The normalized spacial score (nSPS) is 21.2. The van der Waals surface area contributed by atoms with Crippen LogP contribution in [-0.4, -0.2) is 22.8 Å². The molecule has 1 N–H and O–H groups in total. The van der Waals surface area contributed by atoms with Gasteiger partial charge in [-0.2, -0.15) is 0 Å². The van der Waals surface area contributed by atoms with Crippen LogP contribution in [0, 0.1) is 0 Å². The van der Waals surface area contributed by atoms with Gasteiger partial charge in [0, 0.05) is 29.2 Å². The zero-order chi connectivity index (χ0) is 18.4. The Kier molecular flexibility index (Phi) is 4.16. The van der Waals surface area contributed by atoms with Crippen LogP contribution in [0.25, 0.3) is 11.0 Å². The number of benzene rings is 1. The molecule has 0 saturated carbocycles. The first-order chi connectivity index (χ1) is 11.7. The third-order valence-electron chi connectivity index (χ3n) is 4.07. The van der Waals surface area contributed by atoms with Gasteiger partial charge in [0.15, 0.2) is 6.10 Å². The zero-order valence-electron chi connectivity index (χ0n) is 14.5. The molecule has 0 saturated heterocycles. The lowest BCUT2D eigenvalue weighted by molar-refractivity contribution is -0.172. The average Bonchev–Trinajstić information content (AvgIpc) is 2.49. The highest BCUT2D eigenvalue weighted by atomic mass is 16.6. The molecule has 1 aliphatic heterocycles. The number of esters is 1. The quantitative estimate of drug-likeness (QED) is 0.512. The van der Waals surface area contributed by atoms with E-state index in [-0.39, 0.29) is 0 Å². The smallest absolute Gasteiger partial charge is 0.336 e. The van der Waals surface area contributed by atoms with Crippen molar-refractivity contribution in [2.45, 2.75) is 45.5 Å². The van der Waals surface area contributed by atoms with Gasteiger partial charge in [-0.25, -0.2) is 9.59 Å². The third-order valence-corrected chi connectivity index (χ3v) is 4.07. The molecule has 2 atom stereocenters. The van der Waals surface area contributed by atoms with Crippen LogP contribution in [0.3, 0.4) is 0 Å². The lowest BCUT2D eigenvalue weighted by atomic mass is 9.87. The first-order valence-corrected chi connectivity index (χ1v) is 7.98. The van der Waals surface area contributed by atoms with Crippen LogP contribution in [0.5, 0.6) is 5.75 Å². The van der Waals surface area contributed by atoms with Gasteiger partial charge in [0.1, 0.15) is 23.0 Å². The molecule has 1 aromatic carbocycles. The fraction of sp³-hybridized carbons (Fsp3) is 0.368. The Morgan fingerprint density at radius 1 is 1.28 bits per heavy atom. The molecule has 25 heavy (non-hydrogen) atoms. The van der Waals surface area contributed by atoms with E-state index in [4.69, 9.17) is 13.9 Å². The second kappa shape index (κ2) is 6.04. The molecule has 0 fully saturated rings. The Hall–Kier alpha value is -2.60. The number of ether oxygens (including phenoxy) is 2. The number of aliphatic hydroxyl groups is 1. The van der Waals surface area contributed by atoms with Crippen LogP contribution in [-0.2, 0) is 9.53 Å². The monoisotopic (exact) mass is 344 g/mol. The van der Waals surface area contributed by atoms with E-state index >= 15 is 0 Å². The van der Waals surface area contributed by atoms with E-state index in [1.807, 2.05) is 0 Å². The summed E-state index contributed by atoms with van der Waals surface area (Å²) >= 11 is 0. The van der Waals surface area contributed by atoms with Crippen LogP contribution >= 0.6 is 0 Å². The molecule has 0 unspecified atom stereocenters. The molecule has 132 valence electrons. The molecule has 0 radical (unpaired) electrons. The standard InChI is InChI=1S/C19H20O6/c1-10(2)7-16(21)24-18-17(22)12-8-11-5-6-15(20)23-13(11)9-14(12)25-19(18,3)4/h5-9,17-18,22H,1-4H3/t17-,18+/m0/s1. The van der Waals surface area contributed by atoms with Crippen molar-refractivity contribution in [2.24, 2.45) is 0 Å². The number of rotatable bonds is 2. The number of aliphatic hydroxyl groups excluding tert-OH is 1. The summed E-state index contributed by atoms with van der Waals surface area (Å²) in [5.41, 5.74) is 0.234. The second-order valence-electron chi connectivity index (χ2n) is 6.91. The Morgan fingerprint density at radius 3 is 2.68 bits per heavy atom. The van der Waals surface area contributed by atoms with Crippen LogP contribution in [0.2, 0.25) is 0 Å². The van der Waals surface area contributed by atoms with Gasteiger partial charge in [0.25, 0.3) is 0 Å². The van der Waals surface area contributed by atoms with Gasteiger partial charge in [0.2, 0.25) is 0 Å². The van der Waals surface area contributed by atoms with E-state index in [0.29, 0.717) is 22.3 Å². The second-order valence-corrected chi connectivity index (χ2v) is 6.91. The molecular weight excluding hydrogens is 324 g/mol. The van der Waals surface area contributed by atoms with E-state index < -0.39 is 29.4 Å².